The molecule has 0 saturated heterocycles. The number of hydrogen-bond acceptors (Lipinski definition) is 5. The third-order valence-corrected chi connectivity index (χ3v) is 10.9. The van der Waals surface area contributed by atoms with Gasteiger partial charge in [-0.3, -0.25) is 9.59 Å². The maximum atomic E-state index is 13.4. The van der Waals surface area contributed by atoms with Gasteiger partial charge in [0.15, 0.2) is 5.43 Å². The Balaban J connectivity index is 1.10. The molecular formula is C37H39NO5. The molecule has 6 heteroatoms. The minimum atomic E-state index is -0.485. The van der Waals surface area contributed by atoms with Crippen molar-refractivity contribution < 1.29 is 19.1 Å². The van der Waals surface area contributed by atoms with Crippen molar-refractivity contribution in [2.75, 3.05) is 6.61 Å². The van der Waals surface area contributed by atoms with Gasteiger partial charge in [0.05, 0.1) is 23.6 Å². The van der Waals surface area contributed by atoms with Crippen LogP contribution in [0.3, 0.4) is 0 Å². The fraction of sp³-hybridized carbons (Fsp3) is 0.432. The van der Waals surface area contributed by atoms with Crippen molar-refractivity contribution in [2.45, 2.75) is 71.1 Å². The molecule has 0 aliphatic heterocycles. The number of pyridine rings is 1. The van der Waals surface area contributed by atoms with Crippen LogP contribution < -0.4 is 10.2 Å². The molecule has 1 heterocycles. The second kappa shape index (κ2) is 11.0. The Morgan fingerprint density at radius 2 is 1.81 bits per heavy atom. The maximum Gasteiger partial charge on any atom is 0.345 e. The molecule has 3 aromatic carbocycles. The molecule has 5 atom stereocenters. The Hall–Kier alpha value is -3.93. The molecule has 2 fully saturated rings. The zero-order chi connectivity index (χ0) is 29.7. The summed E-state index contributed by atoms with van der Waals surface area (Å²) >= 11 is 0. The molecule has 1 unspecified atom stereocenters. The molecule has 2 saturated carbocycles. The maximum absolute atomic E-state index is 13.4. The van der Waals surface area contributed by atoms with Gasteiger partial charge in [-0.15, -0.1) is 0 Å². The number of fused-ring (bicyclic) bond motifs is 7. The number of benzene rings is 3. The zero-order valence-electron chi connectivity index (χ0n) is 25.0. The molecular weight excluding hydrogens is 538 g/mol. The van der Waals surface area contributed by atoms with E-state index in [2.05, 4.69) is 24.9 Å². The van der Waals surface area contributed by atoms with E-state index >= 15 is 0 Å². The summed E-state index contributed by atoms with van der Waals surface area (Å²) in [5.74, 6) is 1.64. The lowest BCUT2D eigenvalue weighted by molar-refractivity contribution is -0.154. The highest BCUT2D eigenvalue weighted by molar-refractivity contribution is 6.06. The van der Waals surface area contributed by atoms with Crippen molar-refractivity contribution in [1.82, 2.24) is 4.98 Å². The van der Waals surface area contributed by atoms with Gasteiger partial charge >= 0.3 is 11.9 Å². The third-order valence-electron chi connectivity index (χ3n) is 10.9. The molecule has 1 aromatic heterocycles. The van der Waals surface area contributed by atoms with Gasteiger partial charge in [-0.25, -0.2) is 4.79 Å². The van der Waals surface area contributed by atoms with Crippen molar-refractivity contribution in [2.24, 2.45) is 23.2 Å². The molecule has 7 rings (SSSR count). The summed E-state index contributed by atoms with van der Waals surface area (Å²) in [7, 11) is 0. The van der Waals surface area contributed by atoms with E-state index in [0.29, 0.717) is 57.5 Å². The molecule has 3 aliphatic rings. The predicted molar refractivity (Wildman–Crippen MR) is 167 cm³/mol. The number of aromatic amines is 1. The van der Waals surface area contributed by atoms with Crippen molar-refractivity contribution in [3.8, 4) is 5.75 Å². The van der Waals surface area contributed by atoms with Crippen LogP contribution in [0.1, 0.15) is 86.2 Å². The van der Waals surface area contributed by atoms with Crippen molar-refractivity contribution >= 4 is 33.7 Å². The highest BCUT2D eigenvalue weighted by atomic mass is 16.5. The molecule has 4 aromatic rings. The van der Waals surface area contributed by atoms with Crippen molar-refractivity contribution in [3.05, 3.63) is 87.6 Å². The molecule has 0 spiro atoms. The highest BCUT2D eigenvalue weighted by Gasteiger charge is 2.57. The summed E-state index contributed by atoms with van der Waals surface area (Å²) in [6.07, 6.45) is 8.12. The van der Waals surface area contributed by atoms with Gasteiger partial charge in [-0.2, -0.15) is 0 Å². The van der Waals surface area contributed by atoms with E-state index in [9.17, 15) is 14.4 Å². The van der Waals surface area contributed by atoms with Crippen LogP contribution >= 0.6 is 0 Å². The topological polar surface area (TPSA) is 85.5 Å². The highest BCUT2D eigenvalue weighted by Crippen LogP contribution is 2.63. The van der Waals surface area contributed by atoms with Gasteiger partial charge in [-0.1, -0.05) is 44.5 Å². The van der Waals surface area contributed by atoms with Crippen LogP contribution in [0, 0.1) is 23.2 Å². The van der Waals surface area contributed by atoms with E-state index in [1.165, 1.54) is 11.1 Å². The second-order valence-electron chi connectivity index (χ2n) is 13.1. The fourth-order valence-electron chi connectivity index (χ4n) is 8.71. The van der Waals surface area contributed by atoms with Gasteiger partial charge in [0.2, 0.25) is 0 Å². The van der Waals surface area contributed by atoms with Gasteiger partial charge < -0.3 is 14.5 Å². The molecule has 0 radical (unpaired) electrons. The number of esters is 2. The number of aryl methyl sites for hydroxylation is 1. The lowest BCUT2D eigenvalue weighted by Gasteiger charge is -2.50. The number of aromatic nitrogens is 1. The fourth-order valence-corrected chi connectivity index (χ4v) is 8.71. The Bertz CT molecular complexity index is 1790. The summed E-state index contributed by atoms with van der Waals surface area (Å²) in [5, 5.41) is 1.06. The van der Waals surface area contributed by atoms with E-state index < -0.39 is 5.97 Å². The van der Waals surface area contributed by atoms with Gasteiger partial charge in [0.25, 0.3) is 0 Å². The predicted octanol–water partition coefficient (Wildman–Crippen LogP) is 7.72. The average molecular weight is 578 g/mol. The minimum Gasteiger partial charge on any atom is -0.465 e. The van der Waals surface area contributed by atoms with E-state index in [1.54, 1.807) is 24.3 Å². The number of H-pyrrole nitrogens is 1. The molecule has 222 valence electrons. The standard InChI is InChI=1S/C37H39NO5/c1-3-4-20-42-36(41)31-17-16-30-26-14-12-22-21-23(13-15-24(22)25(26)18-19-37(30,31)2)43-35(40)29-10-7-9-28-33(29)38-32-11-6-5-8-27(32)34(28)39/h5-11,13,15,21,25-26,30-31H,3-4,12,14,16-20H2,1-2H3,(H,38,39)/t25-,26-,30+,31?,37+/m1/s1. The number of carbonyl (C=O) groups is 2. The van der Waals surface area contributed by atoms with E-state index in [-0.39, 0.29) is 22.7 Å². The number of hydrogen-bond donors (Lipinski definition) is 1. The first-order valence-corrected chi connectivity index (χ1v) is 15.9. The lowest BCUT2D eigenvalue weighted by atomic mass is 9.54. The summed E-state index contributed by atoms with van der Waals surface area (Å²) in [4.78, 5) is 42.8. The number of ether oxygens (including phenoxy) is 2. The van der Waals surface area contributed by atoms with E-state index in [1.807, 2.05) is 30.3 Å². The van der Waals surface area contributed by atoms with Crippen LogP contribution in [-0.2, 0) is 16.0 Å². The monoisotopic (exact) mass is 577 g/mol. The minimum absolute atomic E-state index is 0.0143. The van der Waals surface area contributed by atoms with Crippen molar-refractivity contribution in [3.63, 3.8) is 0 Å². The van der Waals surface area contributed by atoms with Crippen LogP contribution in [0.4, 0.5) is 0 Å². The number of unbranched alkanes of at least 4 members (excludes halogenated alkanes) is 1. The Kier molecular flexibility index (Phi) is 7.11. The molecule has 0 amide bonds. The molecule has 43 heavy (non-hydrogen) atoms. The lowest BCUT2D eigenvalue weighted by Crippen LogP contribution is -2.44. The summed E-state index contributed by atoms with van der Waals surface area (Å²) < 4.78 is 11.6. The molecule has 1 N–H and O–H groups in total. The van der Waals surface area contributed by atoms with Crippen LogP contribution in [-0.4, -0.2) is 23.5 Å². The zero-order valence-corrected chi connectivity index (χ0v) is 25.0. The molecule has 3 aliphatic carbocycles. The van der Waals surface area contributed by atoms with Crippen LogP contribution in [0.15, 0.2) is 65.5 Å². The largest absolute Gasteiger partial charge is 0.465 e. The number of rotatable bonds is 6. The smallest absolute Gasteiger partial charge is 0.345 e. The summed E-state index contributed by atoms with van der Waals surface area (Å²) in [5.41, 5.74) is 4.05. The first-order valence-electron chi connectivity index (χ1n) is 15.9. The van der Waals surface area contributed by atoms with Crippen molar-refractivity contribution in [1.29, 1.82) is 0 Å². The summed E-state index contributed by atoms with van der Waals surface area (Å²) in [6, 6.07) is 18.6. The number of nitrogens with one attached hydrogen (secondary N) is 1. The van der Waals surface area contributed by atoms with Crippen LogP contribution in [0.2, 0.25) is 0 Å². The van der Waals surface area contributed by atoms with Gasteiger partial charge in [0.1, 0.15) is 5.75 Å². The van der Waals surface area contributed by atoms with Gasteiger partial charge in [-0.05, 0) is 116 Å². The van der Waals surface area contributed by atoms with E-state index in [4.69, 9.17) is 9.47 Å². The van der Waals surface area contributed by atoms with Crippen LogP contribution in [0.25, 0.3) is 21.8 Å². The van der Waals surface area contributed by atoms with Crippen LogP contribution in [0.5, 0.6) is 5.75 Å². The number of carbonyl (C=O) groups excluding carboxylic acids is 2. The molecule has 6 nitrogen and oxygen atoms in total. The first-order chi connectivity index (χ1) is 20.9. The first kappa shape index (κ1) is 27.9. The van der Waals surface area contributed by atoms with Gasteiger partial charge in [0, 0.05) is 16.3 Å². The third kappa shape index (κ3) is 4.66. The number of para-hydroxylation sites is 2. The Morgan fingerprint density at radius 3 is 2.67 bits per heavy atom. The summed E-state index contributed by atoms with van der Waals surface area (Å²) in [6.45, 7) is 4.99. The second-order valence-corrected chi connectivity index (χ2v) is 13.1. The average Bonchev–Trinajstić information content (AvgIpc) is 3.38. The molecule has 0 bridgehead atoms. The normalized spacial score (nSPS) is 26.0. The Morgan fingerprint density at radius 1 is 0.977 bits per heavy atom. The quantitative estimate of drug-likeness (QED) is 0.110. The SMILES string of the molecule is CCCCOC(=O)C1CC[C@H]2[C@@H]3CCc4cc(OC(=O)c5cccc6c(=O)c7ccccc7[nH]c56)ccc4[C@H]3CC[C@]12C. The van der Waals surface area contributed by atoms with E-state index in [0.717, 1.165) is 51.4 Å². The Labute approximate surface area is 251 Å².